The summed E-state index contributed by atoms with van der Waals surface area (Å²) in [5, 5.41) is 0.999. The summed E-state index contributed by atoms with van der Waals surface area (Å²) >= 11 is 0. The van der Waals surface area contributed by atoms with Crippen molar-refractivity contribution in [2.75, 3.05) is 32.9 Å². The number of fused-ring (bicyclic) bond motifs is 3. The van der Waals surface area contributed by atoms with Crippen molar-refractivity contribution < 1.29 is 22.7 Å². The van der Waals surface area contributed by atoms with Crippen LogP contribution in [0.15, 0.2) is 36.4 Å². The van der Waals surface area contributed by atoms with Gasteiger partial charge in [-0.2, -0.15) is 0 Å². The van der Waals surface area contributed by atoms with Gasteiger partial charge in [0.2, 0.25) is 5.91 Å². The number of amides is 1. The maximum Gasteiger partial charge on any atom is 0.220 e. The van der Waals surface area contributed by atoms with Crippen LogP contribution in [-0.4, -0.2) is 59.6 Å². The molecule has 1 aromatic heterocycles. The Morgan fingerprint density at radius 3 is 2.56 bits per heavy atom. The summed E-state index contributed by atoms with van der Waals surface area (Å²) in [7, 11) is 0. The first kappa shape index (κ1) is 22.8. The number of para-hydroxylation sites is 1. The van der Waals surface area contributed by atoms with Crippen LogP contribution in [0.3, 0.4) is 0 Å². The first-order valence-electron chi connectivity index (χ1n) is 11.7. The number of carbonyl (C=O) groups excluding carboxylic acids is 1. The molecule has 1 N–H and O–H groups in total. The van der Waals surface area contributed by atoms with Gasteiger partial charge in [0, 0.05) is 67.2 Å². The average molecular weight is 472 g/mol. The number of nitrogens with one attached hydrogen (secondary N) is 1. The lowest BCUT2D eigenvalue weighted by molar-refractivity contribution is -0.133. The Kier molecular flexibility index (Phi) is 6.02. The van der Waals surface area contributed by atoms with Crippen LogP contribution in [0.5, 0.6) is 5.75 Å². The van der Waals surface area contributed by atoms with E-state index in [0.717, 1.165) is 16.5 Å². The zero-order valence-electron chi connectivity index (χ0n) is 19.3. The molecule has 2 aliphatic rings. The van der Waals surface area contributed by atoms with E-state index >= 15 is 8.78 Å². The van der Waals surface area contributed by atoms with Crippen LogP contribution in [0.4, 0.5) is 13.2 Å². The quantitative estimate of drug-likeness (QED) is 0.571. The van der Waals surface area contributed by atoms with Gasteiger partial charge in [-0.3, -0.25) is 14.1 Å². The summed E-state index contributed by atoms with van der Waals surface area (Å²) in [6.45, 7) is 5.17. The first-order chi connectivity index (χ1) is 16.4. The smallest absolute Gasteiger partial charge is 0.220 e. The van der Waals surface area contributed by atoms with Crippen molar-refractivity contribution in [3.8, 4) is 5.75 Å². The largest absolute Gasteiger partial charge is 0.492 e. The number of halogens is 3. The van der Waals surface area contributed by atoms with E-state index in [2.05, 4.69) is 4.98 Å². The van der Waals surface area contributed by atoms with Crippen molar-refractivity contribution >= 4 is 16.8 Å². The van der Waals surface area contributed by atoms with E-state index in [1.54, 1.807) is 4.90 Å². The molecule has 1 unspecified atom stereocenters. The van der Waals surface area contributed by atoms with Crippen LogP contribution >= 0.6 is 0 Å². The fourth-order valence-electron chi connectivity index (χ4n) is 5.39. The summed E-state index contributed by atoms with van der Waals surface area (Å²) in [5.74, 6) is -1.60. The molecule has 2 aliphatic heterocycles. The van der Waals surface area contributed by atoms with E-state index in [1.165, 1.54) is 19.1 Å². The summed E-state index contributed by atoms with van der Waals surface area (Å²) in [5.41, 5.74) is 2.32. The molecule has 8 heteroatoms. The number of likely N-dealkylation sites (tertiary alicyclic amines) is 1. The lowest BCUT2D eigenvalue weighted by atomic mass is 9.88. The van der Waals surface area contributed by atoms with E-state index in [-0.39, 0.29) is 42.5 Å². The number of rotatable bonds is 6. The zero-order valence-corrected chi connectivity index (χ0v) is 19.3. The molecule has 1 amide bonds. The third-order valence-corrected chi connectivity index (χ3v) is 6.99. The Hall–Kier alpha value is -3.00. The highest BCUT2D eigenvalue weighted by Gasteiger charge is 2.40. The topological polar surface area (TPSA) is 48.6 Å². The molecule has 1 saturated heterocycles. The number of nitrogens with zero attached hydrogens (tertiary/aromatic N) is 2. The number of hydrogen-bond acceptors (Lipinski definition) is 3. The highest BCUT2D eigenvalue weighted by molar-refractivity contribution is 5.86. The Morgan fingerprint density at radius 1 is 1.18 bits per heavy atom. The second-order valence-electron chi connectivity index (χ2n) is 9.37. The molecule has 0 spiro atoms. The molecule has 34 heavy (non-hydrogen) atoms. The minimum Gasteiger partial charge on any atom is -0.492 e. The van der Waals surface area contributed by atoms with Gasteiger partial charge in [0.05, 0.1) is 12.2 Å². The molecule has 5 nitrogen and oxygen atoms in total. The van der Waals surface area contributed by atoms with Gasteiger partial charge >= 0.3 is 0 Å². The highest BCUT2D eigenvalue weighted by atomic mass is 19.1. The van der Waals surface area contributed by atoms with E-state index in [9.17, 15) is 9.18 Å². The van der Waals surface area contributed by atoms with Crippen LogP contribution in [0, 0.1) is 17.6 Å². The lowest BCUT2D eigenvalue weighted by Gasteiger charge is -2.40. The Bertz CT molecular complexity index is 1200. The van der Waals surface area contributed by atoms with E-state index in [4.69, 9.17) is 4.74 Å². The van der Waals surface area contributed by atoms with Crippen molar-refractivity contribution in [2.45, 2.75) is 32.4 Å². The summed E-state index contributed by atoms with van der Waals surface area (Å²) in [6, 6.07) is 8.96. The summed E-state index contributed by atoms with van der Waals surface area (Å²) in [4.78, 5) is 19.5. The standard InChI is InChI=1S/C26H28F3N3O2/c1-15-9-20-19-5-3-4-6-23(19)30-25(20)26(32(15)16(2)33)24-21(28)10-18(11-22(24)29)34-8-7-31-13-17(12-27)14-31/h3-6,10-11,15,17,26,30H,7-9,12-14H2,1-2H3/t15?,26-/m1/s1. The molecule has 2 aromatic carbocycles. The number of benzene rings is 2. The van der Waals surface area contributed by atoms with Crippen LogP contribution in [0.25, 0.3) is 10.9 Å². The minimum atomic E-state index is -0.906. The second kappa shape index (κ2) is 8.98. The van der Waals surface area contributed by atoms with E-state index in [0.29, 0.717) is 31.7 Å². The van der Waals surface area contributed by atoms with Gasteiger partial charge in [0.15, 0.2) is 0 Å². The zero-order chi connectivity index (χ0) is 24.0. The number of H-pyrrole nitrogens is 1. The van der Waals surface area contributed by atoms with Gasteiger partial charge in [-0.1, -0.05) is 18.2 Å². The highest BCUT2D eigenvalue weighted by Crippen LogP contribution is 2.43. The van der Waals surface area contributed by atoms with Gasteiger partial charge in [-0.25, -0.2) is 8.78 Å². The Morgan fingerprint density at radius 2 is 1.88 bits per heavy atom. The average Bonchev–Trinajstić information content (AvgIpc) is 3.13. The monoisotopic (exact) mass is 471 g/mol. The minimum absolute atomic E-state index is 0.0748. The first-order valence-corrected chi connectivity index (χ1v) is 11.7. The van der Waals surface area contributed by atoms with Crippen LogP contribution in [0.2, 0.25) is 0 Å². The number of hydrogen-bond donors (Lipinski definition) is 1. The van der Waals surface area contributed by atoms with Crippen LogP contribution < -0.4 is 4.74 Å². The molecule has 0 radical (unpaired) electrons. The number of aromatic nitrogens is 1. The van der Waals surface area contributed by atoms with E-state index in [1.807, 2.05) is 36.1 Å². The second-order valence-corrected chi connectivity index (χ2v) is 9.37. The number of aromatic amines is 1. The molecule has 0 bridgehead atoms. The molecule has 5 rings (SSSR count). The predicted octanol–water partition coefficient (Wildman–Crippen LogP) is 4.61. The molecule has 0 saturated carbocycles. The normalized spacial score (nSPS) is 20.9. The molecule has 1 fully saturated rings. The molecule has 3 aromatic rings. The predicted molar refractivity (Wildman–Crippen MR) is 124 cm³/mol. The molecule has 0 aliphatic carbocycles. The number of ether oxygens (including phenoxy) is 1. The SMILES string of the molecule is CC(=O)N1C(C)Cc2c([nH]c3ccccc23)[C@H]1c1c(F)cc(OCCN2CC(CF)C2)cc1F. The molecular formula is C26H28F3N3O2. The molecule has 3 heterocycles. The maximum atomic E-state index is 15.4. The van der Waals surface area contributed by atoms with Gasteiger partial charge < -0.3 is 14.6 Å². The van der Waals surface area contributed by atoms with Gasteiger partial charge in [0.1, 0.15) is 30.0 Å². The molecule has 180 valence electrons. The third kappa shape index (κ3) is 3.94. The van der Waals surface area contributed by atoms with Crippen LogP contribution in [0.1, 0.15) is 36.7 Å². The Balaban J connectivity index is 1.46. The molecule has 2 atom stereocenters. The summed E-state index contributed by atoms with van der Waals surface area (Å²) in [6.07, 6.45) is 0.597. The van der Waals surface area contributed by atoms with Crippen molar-refractivity contribution in [3.63, 3.8) is 0 Å². The fraction of sp³-hybridized carbons (Fsp3) is 0.423. The van der Waals surface area contributed by atoms with Crippen molar-refractivity contribution in [1.29, 1.82) is 0 Å². The maximum absolute atomic E-state index is 15.4. The fourth-order valence-corrected chi connectivity index (χ4v) is 5.39. The van der Waals surface area contributed by atoms with Gasteiger partial charge in [-0.05, 0) is 25.0 Å². The van der Waals surface area contributed by atoms with Crippen molar-refractivity contribution in [2.24, 2.45) is 5.92 Å². The van der Waals surface area contributed by atoms with Gasteiger partial charge in [0.25, 0.3) is 0 Å². The third-order valence-electron chi connectivity index (χ3n) is 6.99. The van der Waals surface area contributed by atoms with Crippen LogP contribution in [-0.2, 0) is 11.2 Å². The number of carbonyl (C=O) groups is 1. The summed E-state index contributed by atoms with van der Waals surface area (Å²) < 4.78 is 49.1. The van der Waals surface area contributed by atoms with Gasteiger partial charge in [-0.15, -0.1) is 0 Å². The van der Waals surface area contributed by atoms with Crippen molar-refractivity contribution in [3.05, 3.63) is 64.9 Å². The number of alkyl halides is 1. The van der Waals surface area contributed by atoms with E-state index < -0.39 is 17.7 Å². The molecular weight excluding hydrogens is 443 g/mol. The lowest BCUT2D eigenvalue weighted by Crippen LogP contribution is -2.49. The van der Waals surface area contributed by atoms with Crippen molar-refractivity contribution in [1.82, 2.24) is 14.8 Å². The Labute approximate surface area is 196 Å².